The van der Waals surface area contributed by atoms with Crippen LogP contribution in [0.25, 0.3) is 0 Å². The minimum atomic E-state index is -0.0806. The van der Waals surface area contributed by atoms with Crippen LogP contribution in [0.3, 0.4) is 0 Å². The largest absolute Gasteiger partial charge is 0.396 e. The molecule has 1 atom stereocenters. The molecule has 2 aliphatic rings. The van der Waals surface area contributed by atoms with Crippen molar-refractivity contribution in [1.82, 2.24) is 14.7 Å². The van der Waals surface area contributed by atoms with Gasteiger partial charge in [0.2, 0.25) is 0 Å². The van der Waals surface area contributed by atoms with Gasteiger partial charge in [-0.1, -0.05) is 12.8 Å². The van der Waals surface area contributed by atoms with Gasteiger partial charge in [0, 0.05) is 25.6 Å². The summed E-state index contributed by atoms with van der Waals surface area (Å²) in [6.45, 7) is 3.56. The molecule has 0 unspecified atom stereocenters. The molecule has 1 amide bonds. The van der Waals surface area contributed by atoms with E-state index in [1.165, 1.54) is 12.8 Å². The molecule has 1 aromatic heterocycles. The number of rotatable bonds is 4. The number of aliphatic hydroxyl groups is 1. The minimum absolute atomic E-state index is 0.0476. The smallest absolute Gasteiger partial charge is 0.272 e. The zero-order valence-electron chi connectivity index (χ0n) is 13.0. The van der Waals surface area contributed by atoms with Gasteiger partial charge in [-0.3, -0.25) is 9.48 Å². The van der Waals surface area contributed by atoms with E-state index >= 15 is 0 Å². The van der Waals surface area contributed by atoms with E-state index in [0.717, 1.165) is 37.4 Å². The summed E-state index contributed by atoms with van der Waals surface area (Å²) < 4.78 is 1.66. The molecule has 0 spiro atoms. The van der Waals surface area contributed by atoms with Crippen molar-refractivity contribution < 1.29 is 9.90 Å². The van der Waals surface area contributed by atoms with Crippen LogP contribution in [0.5, 0.6) is 0 Å². The van der Waals surface area contributed by atoms with E-state index in [2.05, 4.69) is 5.10 Å². The van der Waals surface area contributed by atoms with Gasteiger partial charge in [-0.25, -0.2) is 0 Å². The molecule has 1 aromatic rings. The van der Waals surface area contributed by atoms with Crippen LogP contribution in [0.15, 0.2) is 6.07 Å². The number of hydrogen-bond acceptors (Lipinski definition) is 3. The number of nitrogens with zero attached hydrogens (tertiary/aromatic N) is 3. The summed E-state index contributed by atoms with van der Waals surface area (Å²) >= 11 is 0. The summed E-state index contributed by atoms with van der Waals surface area (Å²) in [6, 6.07) is 1.85. The van der Waals surface area contributed by atoms with E-state index in [1.807, 2.05) is 24.9 Å². The molecule has 0 radical (unpaired) electrons. The van der Waals surface area contributed by atoms with Crippen LogP contribution in [0.2, 0.25) is 0 Å². The van der Waals surface area contributed by atoms with Gasteiger partial charge >= 0.3 is 0 Å². The molecule has 1 aliphatic heterocycles. The van der Waals surface area contributed by atoms with Crippen LogP contribution in [0.1, 0.15) is 48.3 Å². The van der Waals surface area contributed by atoms with Crippen LogP contribution in [-0.2, 0) is 7.05 Å². The highest BCUT2D eigenvalue weighted by atomic mass is 16.3. The number of aliphatic hydroxyl groups excluding tert-OH is 1. The molecule has 1 N–H and O–H groups in total. The lowest BCUT2D eigenvalue weighted by atomic mass is 9.76. The van der Waals surface area contributed by atoms with E-state index in [4.69, 9.17) is 0 Å². The maximum atomic E-state index is 12.7. The maximum Gasteiger partial charge on any atom is 0.272 e. The average Bonchev–Trinajstić information content (AvgIpc) is 3.21. The molecule has 5 nitrogen and oxygen atoms in total. The summed E-state index contributed by atoms with van der Waals surface area (Å²) in [7, 11) is 1.81. The van der Waals surface area contributed by atoms with E-state index in [0.29, 0.717) is 12.2 Å². The molecule has 1 saturated heterocycles. The fraction of sp³-hybridized carbons (Fsp3) is 0.750. The molecular weight excluding hydrogens is 266 g/mol. The number of aryl methyl sites for hydroxylation is 2. The number of hydrogen-bond donors (Lipinski definition) is 1. The predicted molar refractivity (Wildman–Crippen MR) is 79.9 cm³/mol. The lowest BCUT2D eigenvalue weighted by molar-refractivity contribution is 0.0190. The Balaban J connectivity index is 1.75. The Morgan fingerprint density at radius 1 is 1.52 bits per heavy atom. The molecule has 1 aliphatic carbocycles. The van der Waals surface area contributed by atoms with Crippen molar-refractivity contribution >= 4 is 5.91 Å². The van der Waals surface area contributed by atoms with Gasteiger partial charge in [0.25, 0.3) is 5.91 Å². The Hall–Kier alpha value is -1.36. The first-order valence-corrected chi connectivity index (χ1v) is 7.94. The fourth-order valence-corrected chi connectivity index (χ4v) is 3.65. The fourth-order valence-electron chi connectivity index (χ4n) is 3.65. The molecule has 0 aromatic carbocycles. The molecule has 0 bridgehead atoms. The van der Waals surface area contributed by atoms with Crippen LogP contribution in [0, 0.1) is 18.3 Å². The van der Waals surface area contributed by atoms with Gasteiger partial charge in [0.05, 0.1) is 12.3 Å². The van der Waals surface area contributed by atoms with Gasteiger partial charge in [0.1, 0.15) is 5.69 Å². The third-order valence-electron chi connectivity index (χ3n) is 4.92. The zero-order valence-corrected chi connectivity index (χ0v) is 13.0. The number of piperidine rings is 1. The SMILES string of the molecule is Cc1cc(C(=O)N2CCC[C@](CO)(CC3CC3)C2)n(C)n1. The average molecular weight is 291 g/mol. The highest BCUT2D eigenvalue weighted by Crippen LogP contribution is 2.44. The first-order chi connectivity index (χ1) is 10.0. The predicted octanol–water partition coefficient (Wildman–Crippen LogP) is 1.74. The van der Waals surface area contributed by atoms with E-state index in [9.17, 15) is 9.90 Å². The van der Waals surface area contributed by atoms with Crippen molar-refractivity contribution in [2.75, 3.05) is 19.7 Å². The van der Waals surface area contributed by atoms with Crippen LogP contribution < -0.4 is 0 Å². The first-order valence-electron chi connectivity index (χ1n) is 7.94. The van der Waals surface area contributed by atoms with Gasteiger partial charge in [0.15, 0.2) is 0 Å². The van der Waals surface area contributed by atoms with Crippen LogP contribution >= 0.6 is 0 Å². The topological polar surface area (TPSA) is 58.4 Å². The first kappa shape index (κ1) is 14.6. The number of carbonyl (C=O) groups excluding carboxylic acids is 1. The second kappa shape index (κ2) is 5.44. The van der Waals surface area contributed by atoms with Crippen molar-refractivity contribution in [2.24, 2.45) is 18.4 Å². The molecule has 21 heavy (non-hydrogen) atoms. The van der Waals surface area contributed by atoms with Crippen molar-refractivity contribution in [3.05, 3.63) is 17.5 Å². The molecular formula is C16H25N3O2. The highest BCUT2D eigenvalue weighted by Gasteiger charge is 2.41. The number of amides is 1. The van der Waals surface area contributed by atoms with Gasteiger partial charge in [-0.15, -0.1) is 0 Å². The summed E-state index contributed by atoms with van der Waals surface area (Å²) in [5.74, 6) is 0.817. The second-order valence-corrected chi connectivity index (χ2v) is 6.93. The quantitative estimate of drug-likeness (QED) is 0.919. The Morgan fingerprint density at radius 3 is 2.86 bits per heavy atom. The lowest BCUT2D eigenvalue weighted by Crippen LogP contribution is -2.48. The van der Waals surface area contributed by atoms with E-state index < -0.39 is 0 Å². The summed E-state index contributed by atoms with van der Waals surface area (Å²) in [4.78, 5) is 14.6. The molecule has 116 valence electrons. The van der Waals surface area contributed by atoms with Gasteiger partial charge in [-0.05, 0) is 38.2 Å². The van der Waals surface area contributed by atoms with Crippen LogP contribution in [0.4, 0.5) is 0 Å². The minimum Gasteiger partial charge on any atom is -0.396 e. The van der Waals surface area contributed by atoms with Crippen molar-refractivity contribution in [3.63, 3.8) is 0 Å². The Bertz CT molecular complexity index is 536. The second-order valence-electron chi connectivity index (χ2n) is 6.93. The third-order valence-corrected chi connectivity index (χ3v) is 4.92. The summed E-state index contributed by atoms with van der Waals surface area (Å²) in [6.07, 6.45) is 5.66. The highest BCUT2D eigenvalue weighted by molar-refractivity contribution is 5.92. The van der Waals surface area contributed by atoms with Crippen LogP contribution in [-0.4, -0.2) is 45.4 Å². The number of likely N-dealkylation sites (tertiary alicyclic amines) is 1. The Morgan fingerprint density at radius 2 is 2.29 bits per heavy atom. The normalized spacial score (nSPS) is 26.1. The molecule has 3 rings (SSSR count). The van der Waals surface area contributed by atoms with E-state index in [-0.39, 0.29) is 17.9 Å². The monoisotopic (exact) mass is 291 g/mol. The summed E-state index contributed by atoms with van der Waals surface area (Å²) in [5, 5.41) is 14.2. The summed E-state index contributed by atoms with van der Waals surface area (Å²) in [5.41, 5.74) is 1.43. The van der Waals surface area contributed by atoms with Crippen molar-refractivity contribution in [3.8, 4) is 0 Å². The zero-order chi connectivity index (χ0) is 15.0. The molecule has 5 heteroatoms. The number of carbonyl (C=O) groups is 1. The third kappa shape index (κ3) is 2.98. The van der Waals surface area contributed by atoms with Crippen molar-refractivity contribution in [2.45, 2.75) is 39.0 Å². The Labute approximate surface area is 125 Å². The lowest BCUT2D eigenvalue weighted by Gasteiger charge is -2.42. The molecule has 2 heterocycles. The van der Waals surface area contributed by atoms with Crippen molar-refractivity contribution in [1.29, 1.82) is 0 Å². The Kier molecular flexibility index (Phi) is 3.78. The van der Waals surface area contributed by atoms with E-state index in [1.54, 1.807) is 4.68 Å². The van der Waals surface area contributed by atoms with Gasteiger partial charge in [-0.2, -0.15) is 5.10 Å². The van der Waals surface area contributed by atoms with Gasteiger partial charge < -0.3 is 10.0 Å². The molecule has 2 fully saturated rings. The standard InChI is InChI=1S/C16H25N3O2/c1-12-8-14(18(2)17-12)15(21)19-7-3-6-16(10-19,11-20)9-13-4-5-13/h8,13,20H,3-7,9-11H2,1-2H3/t16-/m0/s1. The number of aromatic nitrogens is 2. The maximum absolute atomic E-state index is 12.7. The molecule has 1 saturated carbocycles.